The average Bonchev–Trinajstić information content (AvgIpc) is 1.81. The highest BCUT2D eigenvalue weighted by molar-refractivity contribution is 8.01. The molecule has 0 amide bonds. The smallest absolute Gasteiger partial charge is 0.0681 e. The fourth-order valence-corrected chi connectivity index (χ4v) is 0.582. The minimum atomic E-state index is 0.657. The molecule has 0 heterocycles. The minimum Gasteiger partial charge on any atom is -0.228 e. The van der Waals surface area contributed by atoms with Crippen molar-refractivity contribution >= 4 is 29.1 Å². The number of hydrogen-bond donors (Lipinski definition) is 0. The van der Waals surface area contributed by atoms with Gasteiger partial charge in [0.15, 0.2) is 0 Å². The standard InChI is InChI=1S/C5H7NS2/c1-8-4-2-3-6-5-7/h2,4H,3H2,1H3. The first kappa shape index (κ1) is 7.89. The summed E-state index contributed by atoms with van der Waals surface area (Å²) in [6.07, 6.45) is 3.93. The summed E-state index contributed by atoms with van der Waals surface area (Å²) in [5, 5.41) is 4.24. The topological polar surface area (TPSA) is 12.4 Å². The number of thiocarbonyl (C=S) groups is 1. The van der Waals surface area contributed by atoms with Crippen molar-refractivity contribution in [3.8, 4) is 0 Å². The van der Waals surface area contributed by atoms with Crippen LogP contribution in [0.25, 0.3) is 0 Å². The highest BCUT2D eigenvalue weighted by Crippen LogP contribution is 1.91. The molecule has 0 aromatic carbocycles. The molecule has 0 fully saturated rings. The maximum atomic E-state index is 4.34. The second kappa shape index (κ2) is 6.89. The monoisotopic (exact) mass is 145 g/mol. The molecule has 1 nitrogen and oxygen atoms in total. The van der Waals surface area contributed by atoms with Gasteiger partial charge in [-0.15, -0.1) is 11.8 Å². The number of thioether (sulfide) groups is 1. The normalized spacial score (nSPS) is 9.12. The van der Waals surface area contributed by atoms with Crippen LogP contribution in [0.2, 0.25) is 0 Å². The summed E-state index contributed by atoms with van der Waals surface area (Å²) in [5.41, 5.74) is 0. The second-order valence-electron chi connectivity index (χ2n) is 1.04. The first-order valence-electron chi connectivity index (χ1n) is 2.13. The lowest BCUT2D eigenvalue weighted by molar-refractivity contribution is 1.27. The average molecular weight is 145 g/mol. The highest BCUT2D eigenvalue weighted by Gasteiger charge is 1.65. The van der Waals surface area contributed by atoms with Crippen molar-refractivity contribution in [1.82, 2.24) is 0 Å². The molecule has 44 valence electrons. The maximum Gasteiger partial charge on any atom is 0.0681 e. The lowest BCUT2D eigenvalue weighted by Crippen LogP contribution is -1.65. The van der Waals surface area contributed by atoms with E-state index in [1.54, 1.807) is 11.8 Å². The third kappa shape index (κ3) is 5.89. The molecule has 3 heteroatoms. The van der Waals surface area contributed by atoms with Gasteiger partial charge in [-0.05, 0) is 23.9 Å². The quantitative estimate of drug-likeness (QED) is 0.444. The third-order valence-corrected chi connectivity index (χ3v) is 1.09. The van der Waals surface area contributed by atoms with Gasteiger partial charge in [0.25, 0.3) is 0 Å². The molecule has 0 N–H and O–H groups in total. The van der Waals surface area contributed by atoms with E-state index in [0.717, 1.165) is 0 Å². The molecule has 0 saturated carbocycles. The van der Waals surface area contributed by atoms with Gasteiger partial charge in [-0.1, -0.05) is 6.08 Å². The number of aliphatic imine (C=N–C) groups is 1. The first-order valence-corrected chi connectivity index (χ1v) is 3.83. The van der Waals surface area contributed by atoms with Crippen molar-refractivity contribution < 1.29 is 0 Å². The molecule has 0 radical (unpaired) electrons. The Hall–Kier alpha value is -0.110. The van der Waals surface area contributed by atoms with Crippen LogP contribution in [0.3, 0.4) is 0 Å². The number of rotatable bonds is 3. The minimum absolute atomic E-state index is 0.657. The largest absolute Gasteiger partial charge is 0.228 e. The fraction of sp³-hybridized carbons (Fsp3) is 0.400. The zero-order chi connectivity index (χ0) is 6.24. The van der Waals surface area contributed by atoms with E-state index in [9.17, 15) is 0 Å². The van der Waals surface area contributed by atoms with Crippen LogP contribution in [0.4, 0.5) is 0 Å². The van der Waals surface area contributed by atoms with E-state index in [0.29, 0.717) is 6.54 Å². The highest BCUT2D eigenvalue weighted by atomic mass is 32.2. The number of isothiocyanates is 1. The Morgan fingerprint density at radius 1 is 1.88 bits per heavy atom. The van der Waals surface area contributed by atoms with Gasteiger partial charge in [-0.3, -0.25) is 0 Å². The SMILES string of the molecule is CSC=CCN=C=S. The molecular weight excluding hydrogens is 138 g/mol. The lowest BCUT2D eigenvalue weighted by atomic mass is 10.7. The van der Waals surface area contributed by atoms with Crippen molar-refractivity contribution in [3.63, 3.8) is 0 Å². The van der Waals surface area contributed by atoms with Crippen LogP contribution in [0, 0.1) is 0 Å². The zero-order valence-corrected chi connectivity index (χ0v) is 6.26. The van der Waals surface area contributed by atoms with Crippen molar-refractivity contribution in [3.05, 3.63) is 11.5 Å². The maximum absolute atomic E-state index is 4.34. The molecule has 0 aromatic rings. The van der Waals surface area contributed by atoms with E-state index in [1.807, 2.05) is 17.7 Å². The second-order valence-corrected chi connectivity index (χ2v) is 1.97. The van der Waals surface area contributed by atoms with Gasteiger partial charge in [0.05, 0.1) is 11.7 Å². The van der Waals surface area contributed by atoms with E-state index in [-0.39, 0.29) is 0 Å². The van der Waals surface area contributed by atoms with E-state index < -0.39 is 0 Å². The Balaban J connectivity index is 3.15. The third-order valence-electron chi connectivity index (χ3n) is 0.494. The Bertz CT molecular complexity index is 114. The summed E-state index contributed by atoms with van der Waals surface area (Å²) in [7, 11) is 0. The number of nitrogens with zero attached hydrogens (tertiary/aromatic N) is 1. The predicted molar refractivity (Wildman–Crippen MR) is 42.5 cm³/mol. The molecule has 0 rings (SSSR count). The summed E-state index contributed by atoms with van der Waals surface area (Å²) in [5.74, 6) is 0. The molecule has 0 bridgehead atoms. The molecule has 0 aliphatic carbocycles. The van der Waals surface area contributed by atoms with Gasteiger partial charge in [0, 0.05) is 0 Å². The van der Waals surface area contributed by atoms with E-state index in [4.69, 9.17) is 0 Å². The first-order chi connectivity index (χ1) is 3.91. The van der Waals surface area contributed by atoms with Gasteiger partial charge in [0.2, 0.25) is 0 Å². The molecule has 8 heavy (non-hydrogen) atoms. The van der Waals surface area contributed by atoms with Crippen molar-refractivity contribution in [2.45, 2.75) is 0 Å². The Kier molecular flexibility index (Phi) is 6.80. The van der Waals surface area contributed by atoms with Gasteiger partial charge in [0.1, 0.15) is 0 Å². The summed E-state index contributed by atoms with van der Waals surface area (Å²) in [6, 6.07) is 0. The van der Waals surface area contributed by atoms with Crippen LogP contribution in [0.1, 0.15) is 0 Å². The van der Waals surface area contributed by atoms with E-state index >= 15 is 0 Å². The van der Waals surface area contributed by atoms with Gasteiger partial charge in [-0.25, -0.2) is 4.99 Å². The van der Waals surface area contributed by atoms with Crippen LogP contribution in [-0.2, 0) is 0 Å². The van der Waals surface area contributed by atoms with Crippen molar-refractivity contribution in [1.29, 1.82) is 0 Å². The van der Waals surface area contributed by atoms with Crippen LogP contribution >= 0.6 is 24.0 Å². The predicted octanol–water partition coefficient (Wildman–Crippen LogP) is 1.97. The van der Waals surface area contributed by atoms with E-state index in [1.165, 1.54) is 0 Å². The summed E-state index contributed by atoms with van der Waals surface area (Å²) in [4.78, 5) is 3.67. The summed E-state index contributed by atoms with van der Waals surface area (Å²) < 4.78 is 0. The molecule has 0 aliphatic rings. The zero-order valence-electron chi connectivity index (χ0n) is 4.63. The number of hydrogen-bond acceptors (Lipinski definition) is 3. The molecule has 0 atom stereocenters. The van der Waals surface area contributed by atoms with Crippen LogP contribution in [0.5, 0.6) is 0 Å². The van der Waals surface area contributed by atoms with Crippen LogP contribution in [-0.4, -0.2) is 18.0 Å². The Morgan fingerprint density at radius 3 is 3.12 bits per heavy atom. The lowest BCUT2D eigenvalue weighted by Gasteiger charge is -1.75. The van der Waals surface area contributed by atoms with Crippen molar-refractivity contribution in [2.75, 3.05) is 12.8 Å². The van der Waals surface area contributed by atoms with Gasteiger partial charge < -0.3 is 0 Å². The molecule has 0 aromatic heterocycles. The molecule has 0 aliphatic heterocycles. The van der Waals surface area contributed by atoms with Gasteiger partial charge >= 0.3 is 0 Å². The Morgan fingerprint density at radius 2 is 2.62 bits per heavy atom. The molecule has 0 unspecified atom stereocenters. The summed E-state index contributed by atoms with van der Waals surface area (Å²) in [6.45, 7) is 0.657. The van der Waals surface area contributed by atoms with E-state index in [2.05, 4.69) is 22.4 Å². The Labute approximate surface area is 58.9 Å². The summed E-state index contributed by atoms with van der Waals surface area (Å²) >= 11 is 5.99. The van der Waals surface area contributed by atoms with Crippen LogP contribution in [0.15, 0.2) is 16.5 Å². The molecule has 0 saturated heterocycles. The van der Waals surface area contributed by atoms with Gasteiger partial charge in [-0.2, -0.15) is 0 Å². The van der Waals surface area contributed by atoms with Crippen LogP contribution < -0.4 is 0 Å². The molecule has 0 spiro atoms. The van der Waals surface area contributed by atoms with Crippen molar-refractivity contribution in [2.24, 2.45) is 4.99 Å². The fourth-order valence-electron chi connectivity index (χ4n) is 0.229. The molecular formula is C5H7NS2.